The van der Waals surface area contributed by atoms with Gasteiger partial charge < -0.3 is 0 Å². The molecular formula is C38H50. The Hall–Kier alpha value is -2.34. The molecule has 2 saturated carbocycles. The molecule has 0 spiro atoms. The summed E-state index contributed by atoms with van der Waals surface area (Å²) in [5.41, 5.74) is 8.75. The Morgan fingerprint density at radius 3 is 1.45 bits per heavy atom. The lowest BCUT2D eigenvalue weighted by Crippen LogP contribution is -2.39. The third kappa shape index (κ3) is 5.80. The van der Waals surface area contributed by atoms with Crippen molar-refractivity contribution in [1.29, 1.82) is 0 Å². The number of benzene rings is 3. The molecule has 0 heteroatoms. The van der Waals surface area contributed by atoms with Gasteiger partial charge in [-0.05, 0) is 89.7 Å². The summed E-state index contributed by atoms with van der Waals surface area (Å²) in [6.45, 7) is 6.96. The highest BCUT2D eigenvalue weighted by molar-refractivity contribution is 5.53. The number of hydrogen-bond donors (Lipinski definition) is 0. The zero-order chi connectivity index (χ0) is 26.4. The average Bonchev–Trinajstić information content (AvgIpc) is 2.99. The van der Waals surface area contributed by atoms with Crippen LogP contribution in [-0.2, 0) is 24.7 Å². The molecule has 3 aromatic carbocycles. The average molecular weight is 507 g/mol. The van der Waals surface area contributed by atoms with Crippen LogP contribution in [0.3, 0.4) is 0 Å². The van der Waals surface area contributed by atoms with Gasteiger partial charge in [0.2, 0.25) is 0 Å². The van der Waals surface area contributed by atoms with Crippen LogP contribution in [0, 0.1) is 17.8 Å². The van der Waals surface area contributed by atoms with Crippen LogP contribution in [0.2, 0.25) is 0 Å². The Morgan fingerprint density at radius 1 is 0.553 bits per heavy atom. The SMILES string of the molecule is CCc1ccc(C(c2ccc(CC)cc2)(c2ccc(CCC3CCC(C)CC3)cc2)C2CCCCC2)cc1. The fraction of sp³-hybridized carbons (Fsp3) is 0.526. The van der Waals surface area contributed by atoms with Gasteiger partial charge in [0, 0.05) is 5.41 Å². The van der Waals surface area contributed by atoms with Gasteiger partial charge in [0.05, 0.1) is 0 Å². The van der Waals surface area contributed by atoms with Gasteiger partial charge in [-0.1, -0.05) is 139 Å². The maximum atomic E-state index is 2.51. The summed E-state index contributed by atoms with van der Waals surface area (Å²) in [6, 6.07) is 29.3. The molecule has 0 aliphatic heterocycles. The second kappa shape index (κ2) is 12.7. The molecule has 0 saturated heterocycles. The van der Waals surface area contributed by atoms with E-state index in [2.05, 4.69) is 93.6 Å². The van der Waals surface area contributed by atoms with Crippen LogP contribution in [0.1, 0.15) is 118 Å². The summed E-state index contributed by atoms with van der Waals surface area (Å²) < 4.78 is 0. The molecule has 0 radical (unpaired) electrons. The van der Waals surface area contributed by atoms with Crippen LogP contribution in [0.4, 0.5) is 0 Å². The Bertz CT molecular complexity index is 1060. The zero-order valence-electron chi connectivity index (χ0n) is 24.4. The quantitative estimate of drug-likeness (QED) is 0.253. The maximum absolute atomic E-state index is 2.51. The van der Waals surface area contributed by atoms with Gasteiger partial charge in [0.15, 0.2) is 0 Å². The molecule has 0 bridgehead atoms. The summed E-state index contributed by atoms with van der Waals surface area (Å²) in [6.07, 6.45) is 17.2. The normalized spacial score (nSPS) is 20.9. The molecule has 0 aromatic heterocycles. The lowest BCUT2D eigenvalue weighted by atomic mass is 9.58. The minimum absolute atomic E-state index is 0.0863. The predicted molar refractivity (Wildman–Crippen MR) is 164 cm³/mol. The highest BCUT2D eigenvalue weighted by atomic mass is 14.5. The molecule has 3 aromatic rings. The largest absolute Gasteiger partial charge is 0.0625 e. The van der Waals surface area contributed by atoms with Gasteiger partial charge in [0.1, 0.15) is 0 Å². The van der Waals surface area contributed by atoms with E-state index in [9.17, 15) is 0 Å². The van der Waals surface area contributed by atoms with Crippen molar-refractivity contribution in [2.75, 3.05) is 0 Å². The van der Waals surface area contributed by atoms with E-state index in [1.807, 2.05) is 0 Å². The van der Waals surface area contributed by atoms with Gasteiger partial charge in [-0.25, -0.2) is 0 Å². The van der Waals surface area contributed by atoms with Crippen molar-refractivity contribution >= 4 is 0 Å². The molecule has 2 fully saturated rings. The molecule has 0 atom stereocenters. The fourth-order valence-corrected chi connectivity index (χ4v) is 7.67. The molecule has 38 heavy (non-hydrogen) atoms. The Morgan fingerprint density at radius 2 is 1.00 bits per heavy atom. The first-order valence-electron chi connectivity index (χ1n) is 15.9. The van der Waals surface area contributed by atoms with Gasteiger partial charge in [0.25, 0.3) is 0 Å². The van der Waals surface area contributed by atoms with Gasteiger partial charge in [-0.2, -0.15) is 0 Å². The molecule has 0 N–H and O–H groups in total. The van der Waals surface area contributed by atoms with E-state index in [1.54, 1.807) is 0 Å². The Kier molecular flexibility index (Phi) is 9.08. The standard InChI is InChI=1S/C38H50/c1-4-30-17-23-35(24-18-30)38(34-9-7-6-8-10-34,36-25-19-31(5-2)20-26-36)37-27-21-33(22-28-37)16-15-32-13-11-29(3)12-14-32/h17-29,32,34H,4-16H2,1-3H3. The summed E-state index contributed by atoms with van der Waals surface area (Å²) in [4.78, 5) is 0. The zero-order valence-corrected chi connectivity index (χ0v) is 24.4. The third-order valence-electron chi connectivity index (χ3n) is 10.2. The van der Waals surface area contributed by atoms with Gasteiger partial charge in [-0.3, -0.25) is 0 Å². The van der Waals surface area contributed by atoms with E-state index >= 15 is 0 Å². The Balaban J connectivity index is 1.53. The molecular weight excluding hydrogens is 456 g/mol. The van der Waals surface area contributed by atoms with Crippen LogP contribution in [0.25, 0.3) is 0 Å². The summed E-state index contributed by atoms with van der Waals surface area (Å²) in [5, 5.41) is 0. The first-order valence-corrected chi connectivity index (χ1v) is 15.9. The molecule has 0 unspecified atom stereocenters. The van der Waals surface area contributed by atoms with Crippen molar-refractivity contribution in [3.05, 3.63) is 106 Å². The van der Waals surface area contributed by atoms with Crippen LogP contribution >= 0.6 is 0 Å². The third-order valence-corrected chi connectivity index (χ3v) is 10.2. The summed E-state index contributed by atoms with van der Waals surface area (Å²) in [7, 11) is 0. The fourth-order valence-electron chi connectivity index (χ4n) is 7.67. The minimum Gasteiger partial charge on any atom is -0.0625 e. The van der Waals surface area contributed by atoms with E-state index < -0.39 is 0 Å². The number of hydrogen-bond acceptors (Lipinski definition) is 0. The first kappa shape index (κ1) is 27.2. The van der Waals surface area contributed by atoms with Gasteiger partial charge in [-0.15, -0.1) is 0 Å². The maximum Gasteiger partial charge on any atom is 0.0479 e. The summed E-state index contributed by atoms with van der Waals surface area (Å²) >= 11 is 0. The first-order chi connectivity index (χ1) is 18.6. The summed E-state index contributed by atoms with van der Waals surface area (Å²) in [5.74, 6) is 2.50. The molecule has 2 aliphatic rings. The van der Waals surface area contributed by atoms with E-state index in [0.717, 1.165) is 24.7 Å². The van der Waals surface area contributed by atoms with Crippen molar-refractivity contribution in [2.24, 2.45) is 17.8 Å². The minimum atomic E-state index is -0.0863. The van der Waals surface area contributed by atoms with Crippen LogP contribution in [0.5, 0.6) is 0 Å². The van der Waals surface area contributed by atoms with Gasteiger partial charge >= 0.3 is 0 Å². The molecule has 5 rings (SSSR count). The molecule has 0 amide bonds. The molecule has 0 heterocycles. The highest BCUT2D eigenvalue weighted by Crippen LogP contribution is 2.50. The smallest absolute Gasteiger partial charge is 0.0479 e. The van der Waals surface area contributed by atoms with Crippen molar-refractivity contribution in [1.82, 2.24) is 0 Å². The van der Waals surface area contributed by atoms with E-state index in [4.69, 9.17) is 0 Å². The molecule has 202 valence electrons. The predicted octanol–water partition coefficient (Wildman–Crippen LogP) is 10.5. The van der Waals surface area contributed by atoms with Crippen LogP contribution in [-0.4, -0.2) is 0 Å². The van der Waals surface area contributed by atoms with Crippen molar-refractivity contribution in [2.45, 2.75) is 110 Å². The lowest BCUT2D eigenvalue weighted by molar-refractivity contribution is 0.271. The number of aryl methyl sites for hydroxylation is 3. The topological polar surface area (TPSA) is 0 Å². The van der Waals surface area contributed by atoms with Crippen molar-refractivity contribution < 1.29 is 0 Å². The van der Waals surface area contributed by atoms with E-state index in [0.29, 0.717) is 5.92 Å². The van der Waals surface area contributed by atoms with Crippen molar-refractivity contribution in [3.63, 3.8) is 0 Å². The van der Waals surface area contributed by atoms with Crippen LogP contribution < -0.4 is 0 Å². The monoisotopic (exact) mass is 506 g/mol. The number of rotatable bonds is 9. The Labute approximate surface area is 233 Å². The second-order valence-electron chi connectivity index (χ2n) is 12.6. The van der Waals surface area contributed by atoms with E-state index in [1.165, 1.54) is 104 Å². The molecule has 0 nitrogen and oxygen atoms in total. The van der Waals surface area contributed by atoms with E-state index in [-0.39, 0.29) is 5.41 Å². The lowest BCUT2D eigenvalue weighted by Gasteiger charge is -2.45. The molecule has 2 aliphatic carbocycles. The highest BCUT2D eigenvalue weighted by Gasteiger charge is 2.43. The second-order valence-corrected chi connectivity index (χ2v) is 12.6. The van der Waals surface area contributed by atoms with Crippen molar-refractivity contribution in [3.8, 4) is 0 Å². The van der Waals surface area contributed by atoms with Crippen LogP contribution in [0.15, 0.2) is 72.8 Å².